The van der Waals surface area contributed by atoms with E-state index in [9.17, 15) is 14.0 Å². The fraction of sp³-hybridized carbons (Fsp3) is 0.312. The van der Waals surface area contributed by atoms with Crippen LogP contribution < -0.4 is 10.9 Å². The molecule has 3 rings (SSSR count). The third-order valence-electron chi connectivity index (χ3n) is 3.79. The number of nitrogens with zero attached hydrogens (tertiary/aromatic N) is 1. The van der Waals surface area contributed by atoms with Crippen LogP contribution in [0.2, 0.25) is 0 Å². The molecule has 0 aliphatic heterocycles. The Hall–Kier alpha value is -2.50. The second-order valence-electron chi connectivity index (χ2n) is 5.52. The van der Waals surface area contributed by atoms with Gasteiger partial charge in [-0.15, -0.1) is 0 Å². The number of aryl methyl sites for hydroxylation is 1. The predicted molar refractivity (Wildman–Crippen MR) is 78.9 cm³/mol. The Balaban J connectivity index is 1.62. The number of carbonyl (C=O) groups excluding carboxylic acids is 1. The Labute approximate surface area is 126 Å². The molecule has 0 saturated carbocycles. The fourth-order valence-corrected chi connectivity index (χ4v) is 2.77. The average Bonchev–Trinajstić information content (AvgIpc) is 2.46. The number of amides is 1. The second-order valence-corrected chi connectivity index (χ2v) is 5.52. The minimum Gasteiger partial charge on any atom is -0.353 e. The molecule has 0 unspecified atom stereocenters. The highest BCUT2D eigenvalue weighted by atomic mass is 19.1. The zero-order valence-corrected chi connectivity index (χ0v) is 11.9. The van der Waals surface area contributed by atoms with Crippen LogP contribution in [-0.2, 0) is 24.1 Å². The third-order valence-corrected chi connectivity index (χ3v) is 3.79. The van der Waals surface area contributed by atoms with Crippen LogP contribution in [0.1, 0.15) is 23.2 Å². The van der Waals surface area contributed by atoms with E-state index in [1.807, 2.05) is 0 Å². The lowest BCUT2D eigenvalue weighted by atomic mass is 9.92. The summed E-state index contributed by atoms with van der Waals surface area (Å²) in [5.74, 6) is -0.487. The number of carbonyl (C=O) groups is 1. The molecule has 0 radical (unpaired) electrons. The lowest BCUT2D eigenvalue weighted by molar-refractivity contribution is -0.121. The number of halogens is 1. The fourth-order valence-electron chi connectivity index (χ4n) is 2.77. The average molecular weight is 301 g/mol. The third kappa shape index (κ3) is 3.39. The van der Waals surface area contributed by atoms with E-state index >= 15 is 0 Å². The van der Waals surface area contributed by atoms with E-state index in [1.165, 1.54) is 18.2 Å². The van der Waals surface area contributed by atoms with Crippen molar-refractivity contribution >= 4 is 5.91 Å². The molecular weight excluding hydrogens is 285 g/mol. The number of fused-ring (bicyclic) bond motifs is 1. The zero-order valence-electron chi connectivity index (χ0n) is 11.9. The molecule has 0 bridgehead atoms. The molecule has 1 atom stereocenters. The molecule has 0 spiro atoms. The van der Waals surface area contributed by atoms with Crippen molar-refractivity contribution in [1.29, 1.82) is 0 Å². The zero-order chi connectivity index (χ0) is 15.5. The quantitative estimate of drug-likeness (QED) is 0.892. The van der Waals surface area contributed by atoms with Crippen molar-refractivity contribution in [2.24, 2.45) is 0 Å². The second kappa shape index (κ2) is 6.09. The first-order valence-corrected chi connectivity index (χ1v) is 7.21. The summed E-state index contributed by atoms with van der Waals surface area (Å²) < 4.78 is 13.1. The van der Waals surface area contributed by atoms with Crippen LogP contribution >= 0.6 is 0 Å². The number of aromatic amines is 1. The summed E-state index contributed by atoms with van der Waals surface area (Å²) in [5.41, 5.74) is 2.18. The van der Waals surface area contributed by atoms with E-state index in [1.54, 1.807) is 12.1 Å². The predicted octanol–water partition coefficient (Wildman–Crippen LogP) is 1.13. The largest absolute Gasteiger partial charge is 0.353 e. The summed E-state index contributed by atoms with van der Waals surface area (Å²) in [6, 6.07) is 7.54. The highest BCUT2D eigenvalue weighted by Gasteiger charge is 2.21. The van der Waals surface area contributed by atoms with Gasteiger partial charge in [0.25, 0.3) is 5.56 Å². The Bertz CT molecular complexity index is 757. The highest BCUT2D eigenvalue weighted by molar-refractivity contribution is 5.78. The molecule has 2 N–H and O–H groups in total. The normalized spacial score (nSPS) is 16.9. The molecule has 22 heavy (non-hydrogen) atoms. The maximum absolute atomic E-state index is 13.1. The lowest BCUT2D eigenvalue weighted by Crippen LogP contribution is -2.40. The van der Waals surface area contributed by atoms with Crippen molar-refractivity contribution in [3.8, 4) is 0 Å². The molecule has 1 heterocycles. The monoisotopic (exact) mass is 301 g/mol. The topological polar surface area (TPSA) is 74.8 Å². The molecule has 2 aromatic rings. The van der Waals surface area contributed by atoms with Crippen LogP contribution in [0.25, 0.3) is 0 Å². The molecule has 1 aliphatic carbocycles. The maximum Gasteiger partial charge on any atom is 0.264 e. The molecule has 0 fully saturated rings. The molecule has 114 valence electrons. The van der Waals surface area contributed by atoms with Gasteiger partial charge in [-0.3, -0.25) is 9.59 Å². The molecule has 0 saturated heterocycles. The lowest BCUT2D eigenvalue weighted by Gasteiger charge is -2.24. The number of nitrogens with one attached hydrogen (secondary N) is 2. The molecular formula is C16H16FN3O2. The standard InChI is InChI=1S/C16H16FN3O2/c17-12-3-1-2-10(6-12)7-15(21)18-13-4-5-14-11(8-13)9-16(22)20-19-14/h1-3,6,9,13H,4-5,7-8H2,(H,18,21)(H,20,22)/t13-/m1/s1. The van der Waals surface area contributed by atoms with E-state index in [-0.39, 0.29) is 29.7 Å². The molecule has 1 aromatic heterocycles. The number of hydrogen-bond donors (Lipinski definition) is 2. The van der Waals surface area contributed by atoms with Crippen molar-refractivity contribution in [3.05, 3.63) is 63.3 Å². The summed E-state index contributed by atoms with van der Waals surface area (Å²) in [6.07, 6.45) is 2.24. The Morgan fingerprint density at radius 2 is 2.27 bits per heavy atom. The first-order valence-electron chi connectivity index (χ1n) is 7.21. The van der Waals surface area contributed by atoms with Crippen molar-refractivity contribution in [2.75, 3.05) is 0 Å². The van der Waals surface area contributed by atoms with Gasteiger partial charge in [0.15, 0.2) is 0 Å². The highest BCUT2D eigenvalue weighted by Crippen LogP contribution is 2.17. The van der Waals surface area contributed by atoms with Gasteiger partial charge in [-0.05, 0) is 42.5 Å². The number of hydrogen-bond acceptors (Lipinski definition) is 3. The van der Waals surface area contributed by atoms with E-state index in [0.29, 0.717) is 12.0 Å². The molecule has 6 heteroatoms. The minimum absolute atomic E-state index is 0.0165. The maximum atomic E-state index is 13.1. The van der Waals surface area contributed by atoms with E-state index in [2.05, 4.69) is 15.5 Å². The van der Waals surface area contributed by atoms with Crippen LogP contribution in [0.4, 0.5) is 4.39 Å². The van der Waals surface area contributed by atoms with E-state index in [0.717, 1.165) is 24.1 Å². The van der Waals surface area contributed by atoms with Crippen molar-refractivity contribution in [1.82, 2.24) is 15.5 Å². The van der Waals surface area contributed by atoms with Crippen LogP contribution in [0, 0.1) is 5.82 Å². The number of rotatable bonds is 3. The van der Waals surface area contributed by atoms with Gasteiger partial charge >= 0.3 is 0 Å². The first-order chi connectivity index (χ1) is 10.6. The molecule has 5 nitrogen and oxygen atoms in total. The number of H-pyrrole nitrogens is 1. The molecule has 1 aromatic carbocycles. The molecule has 1 amide bonds. The number of benzene rings is 1. The Morgan fingerprint density at radius 3 is 3.09 bits per heavy atom. The van der Waals surface area contributed by atoms with Gasteiger partial charge in [0.1, 0.15) is 5.82 Å². The first kappa shape index (κ1) is 14.4. The van der Waals surface area contributed by atoms with Crippen molar-refractivity contribution in [2.45, 2.75) is 31.7 Å². The van der Waals surface area contributed by atoms with Gasteiger partial charge in [0.2, 0.25) is 5.91 Å². The van der Waals surface area contributed by atoms with Crippen molar-refractivity contribution in [3.63, 3.8) is 0 Å². The minimum atomic E-state index is -0.345. The van der Waals surface area contributed by atoms with Gasteiger partial charge in [0.05, 0.1) is 12.1 Å². The van der Waals surface area contributed by atoms with Gasteiger partial charge in [-0.2, -0.15) is 5.10 Å². The van der Waals surface area contributed by atoms with Crippen LogP contribution in [0.15, 0.2) is 35.1 Å². The number of aromatic nitrogens is 2. The van der Waals surface area contributed by atoms with Crippen LogP contribution in [0.5, 0.6) is 0 Å². The van der Waals surface area contributed by atoms with Crippen LogP contribution in [-0.4, -0.2) is 22.1 Å². The van der Waals surface area contributed by atoms with Gasteiger partial charge in [0, 0.05) is 12.1 Å². The SMILES string of the molecule is O=C(Cc1cccc(F)c1)N[C@@H]1CCc2n[nH]c(=O)cc2C1. The summed E-state index contributed by atoms with van der Waals surface area (Å²) >= 11 is 0. The van der Waals surface area contributed by atoms with Gasteiger partial charge < -0.3 is 5.32 Å². The summed E-state index contributed by atoms with van der Waals surface area (Å²) in [6.45, 7) is 0. The summed E-state index contributed by atoms with van der Waals surface area (Å²) in [5, 5.41) is 9.39. The van der Waals surface area contributed by atoms with Gasteiger partial charge in [-0.25, -0.2) is 9.49 Å². The smallest absolute Gasteiger partial charge is 0.264 e. The van der Waals surface area contributed by atoms with Crippen LogP contribution in [0.3, 0.4) is 0 Å². The van der Waals surface area contributed by atoms with E-state index in [4.69, 9.17) is 0 Å². The Morgan fingerprint density at radius 1 is 1.41 bits per heavy atom. The summed E-state index contributed by atoms with van der Waals surface area (Å²) in [4.78, 5) is 23.4. The molecule has 1 aliphatic rings. The van der Waals surface area contributed by atoms with Crippen molar-refractivity contribution < 1.29 is 9.18 Å². The van der Waals surface area contributed by atoms with E-state index < -0.39 is 0 Å². The van der Waals surface area contributed by atoms with Gasteiger partial charge in [-0.1, -0.05) is 12.1 Å². The summed E-state index contributed by atoms with van der Waals surface area (Å²) in [7, 11) is 0. The Kier molecular flexibility index (Phi) is 4.00.